The second-order valence-electron chi connectivity index (χ2n) is 5.81. The molecule has 1 atom stereocenters. The number of methoxy groups -OCH3 is 3. The van der Waals surface area contributed by atoms with E-state index in [1.807, 2.05) is 0 Å². The normalized spacial score (nSPS) is 16.7. The largest absolute Gasteiger partial charge is 0.493 e. The minimum atomic E-state index is -4.34. The molecule has 1 aliphatic rings. The number of benzene rings is 1. The highest BCUT2D eigenvalue weighted by molar-refractivity contribution is 5.98. The minimum absolute atomic E-state index is 0.133. The smallest absolute Gasteiger partial charge is 0.389 e. The van der Waals surface area contributed by atoms with Crippen molar-refractivity contribution in [3.63, 3.8) is 0 Å². The molecule has 26 heavy (non-hydrogen) atoms. The second kappa shape index (κ2) is 7.84. The van der Waals surface area contributed by atoms with Gasteiger partial charge in [0.15, 0.2) is 11.5 Å². The lowest BCUT2D eigenvalue weighted by Crippen LogP contribution is -2.55. The summed E-state index contributed by atoms with van der Waals surface area (Å²) in [5.74, 6) is -0.685. The van der Waals surface area contributed by atoms with Gasteiger partial charge < -0.3 is 19.1 Å². The molecule has 1 aromatic carbocycles. The number of nitrogens with zero attached hydrogens (tertiary/aromatic N) is 1. The van der Waals surface area contributed by atoms with Crippen LogP contribution in [0.3, 0.4) is 0 Å². The van der Waals surface area contributed by atoms with E-state index in [9.17, 15) is 22.8 Å². The number of halogens is 3. The van der Waals surface area contributed by atoms with Crippen molar-refractivity contribution in [2.24, 2.45) is 0 Å². The van der Waals surface area contributed by atoms with E-state index in [0.717, 1.165) is 0 Å². The van der Waals surface area contributed by atoms with Crippen molar-refractivity contribution in [1.29, 1.82) is 0 Å². The Hall–Kier alpha value is -2.45. The van der Waals surface area contributed by atoms with Crippen molar-refractivity contribution < 1.29 is 37.0 Å². The molecule has 1 fully saturated rings. The Labute approximate surface area is 148 Å². The number of likely N-dealkylation sites (tertiary alicyclic amines) is 1. The van der Waals surface area contributed by atoms with E-state index < -0.39 is 30.5 Å². The van der Waals surface area contributed by atoms with Crippen LogP contribution in [0.15, 0.2) is 12.1 Å². The van der Waals surface area contributed by atoms with E-state index in [1.54, 1.807) is 0 Å². The number of esters is 1. The van der Waals surface area contributed by atoms with E-state index in [0.29, 0.717) is 13.0 Å². The van der Waals surface area contributed by atoms with Gasteiger partial charge in [0.05, 0.1) is 21.3 Å². The lowest BCUT2D eigenvalue weighted by atomic mass is 9.98. The standard InChI is InChI=1S/C17H20F3NO5/c1-24-13-9-11(15(22)21-7-5-12(21)16(23)26-3)8-10(14(13)25-2)4-6-17(18,19)20/h8-9,12H,4-7H2,1-3H3. The molecule has 0 aromatic heterocycles. The van der Waals surface area contributed by atoms with Gasteiger partial charge in [-0.25, -0.2) is 4.79 Å². The summed E-state index contributed by atoms with van der Waals surface area (Å²) >= 11 is 0. The zero-order chi connectivity index (χ0) is 19.5. The molecule has 1 aliphatic heterocycles. The van der Waals surface area contributed by atoms with Gasteiger partial charge in [0.1, 0.15) is 6.04 Å². The van der Waals surface area contributed by atoms with Crippen LogP contribution < -0.4 is 9.47 Å². The molecule has 0 saturated carbocycles. The summed E-state index contributed by atoms with van der Waals surface area (Å²) in [4.78, 5) is 25.7. The van der Waals surface area contributed by atoms with Gasteiger partial charge in [0.2, 0.25) is 0 Å². The van der Waals surface area contributed by atoms with Crippen LogP contribution in [-0.4, -0.2) is 56.9 Å². The fraction of sp³-hybridized carbons (Fsp3) is 0.529. The van der Waals surface area contributed by atoms with Gasteiger partial charge >= 0.3 is 12.1 Å². The van der Waals surface area contributed by atoms with Crippen LogP contribution in [0.2, 0.25) is 0 Å². The number of aryl methyl sites for hydroxylation is 1. The van der Waals surface area contributed by atoms with Crippen molar-refractivity contribution in [1.82, 2.24) is 4.90 Å². The molecule has 1 heterocycles. The number of amides is 1. The van der Waals surface area contributed by atoms with Gasteiger partial charge in [0, 0.05) is 18.5 Å². The zero-order valence-corrected chi connectivity index (χ0v) is 14.7. The van der Waals surface area contributed by atoms with Crippen molar-refractivity contribution in [2.75, 3.05) is 27.9 Å². The number of hydrogen-bond acceptors (Lipinski definition) is 5. The maximum absolute atomic E-state index is 12.7. The van der Waals surface area contributed by atoms with Crippen LogP contribution in [0.1, 0.15) is 28.8 Å². The third-order valence-corrected chi connectivity index (χ3v) is 4.23. The van der Waals surface area contributed by atoms with Crippen LogP contribution in [0, 0.1) is 0 Å². The Morgan fingerprint density at radius 3 is 2.35 bits per heavy atom. The van der Waals surface area contributed by atoms with E-state index in [1.165, 1.54) is 38.4 Å². The summed E-state index contributed by atoms with van der Waals surface area (Å²) in [6, 6.07) is 2.06. The van der Waals surface area contributed by atoms with Crippen molar-refractivity contribution in [2.45, 2.75) is 31.5 Å². The average molecular weight is 375 g/mol. The van der Waals surface area contributed by atoms with Gasteiger partial charge in [-0.1, -0.05) is 0 Å². The summed E-state index contributed by atoms with van der Waals surface area (Å²) in [6.45, 7) is 0.366. The van der Waals surface area contributed by atoms with Crippen LogP contribution in [-0.2, 0) is 16.0 Å². The molecular weight excluding hydrogens is 355 g/mol. The van der Waals surface area contributed by atoms with E-state index >= 15 is 0 Å². The SMILES string of the molecule is COC(=O)C1CCN1C(=O)c1cc(CCC(F)(F)F)c(OC)c(OC)c1. The third-order valence-electron chi connectivity index (χ3n) is 4.23. The maximum atomic E-state index is 12.7. The van der Waals surface area contributed by atoms with Crippen LogP contribution in [0.4, 0.5) is 13.2 Å². The highest BCUT2D eigenvalue weighted by atomic mass is 19.4. The lowest BCUT2D eigenvalue weighted by Gasteiger charge is -2.38. The number of carbonyl (C=O) groups is 2. The molecule has 1 amide bonds. The first-order valence-electron chi connectivity index (χ1n) is 7.92. The maximum Gasteiger partial charge on any atom is 0.389 e. The van der Waals surface area contributed by atoms with Crippen LogP contribution >= 0.6 is 0 Å². The Morgan fingerprint density at radius 2 is 1.88 bits per heavy atom. The number of ether oxygens (including phenoxy) is 3. The van der Waals surface area contributed by atoms with Gasteiger partial charge in [-0.05, 0) is 30.5 Å². The highest BCUT2D eigenvalue weighted by Crippen LogP contribution is 2.36. The summed E-state index contributed by atoms with van der Waals surface area (Å²) in [5, 5.41) is 0. The molecule has 1 unspecified atom stereocenters. The molecule has 1 saturated heterocycles. The van der Waals surface area contributed by atoms with Crippen molar-refractivity contribution >= 4 is 11.9 Å². The monoisotopic (exact) mass is 375 g/mol. The number of hydrogen-bond donors (Lipinski definition) is 0. The van der Waals surface area contributed by atoms with Gasteiger partial charge in [0.25, 0.3) is 5.91 Å². The van der Waals surface area contributed by atoms with Gasteiger partial charge in [-0.3, -0.25) is 4.79 Å². The van der Waals surface area contributed by atoms with Crippen molar-refractivity contribution in [3.05, 3.63) is 23.3 Å². The molecule has 0 N–H and O–H groups in total. The summed E-state index contributed by atoms with van der Waals surface area (Å²) in [6.07, 6.45) is -5.28. The van der Waals surface area contributed by atoms with E-state index in [4.69, 9.17) is 9.47 Å². The molecule has 144 valence electrons. The van der Waals surface area contributed by atoms with Gasteiger partial charge in [-0.15, -0.1) is 0 Å². The quantitative estimate of drug-likeness (QED) is 0.715. The molecule has 9 heteroatoms. The van der Waals surface area contributed by atoms with Crippen LogP contribution in [0.25, 0.3) is 0 Å². The van der Waals surface area contributed by atoms with E-state index in [2.05, 4.69) is 4.74 Å². The zero-order valence-electron chi connectivity index (χ0n) is 14.7. The first kappa shape index (κ1) is 19.9. The molecule has 2 rings (SSSR count). The number of alkyl halides is 3. The molecule has 1 aromatic rings. The number of rotatable bonds is 6. The van der Waals surface area contributed by atoms with Crippen molar-refractivity contribution in [3.8, 4) is 11.5 Å². The Bertz CT molecular complexity index is 690. The average Bonchev–Trinajstić information content (AvgIpc) is 2.56. The molecular formula is C17H20F3NO5. The Kier molecular flexibility index (Phi) is 5.99. The summed E-state index contributed by atoms with van der Waals surface area (Å²) in [7, 11) is 3.88. The topological polar surface area (TPSA) is 65.1 Å². The highest BCUT2D eigenvalue weighted by Gasteiger charge is 2.39. The first-order chi connectivity index (χ1) is 12.2. The fourth-order valence-electron chi connectivity index (χ4n) is 2.81. The van der Waals surface area contributed by atoms with E-state index in [-0.39, 0.29) is 29.0 Å². The lowest BCUT2D eigenvalue weighted by molar-refractivity contribution is -0.150. The summed E-state index contributed by atoms with van der Waals surface area (Å²) < 4.78 is 52.7. The Balaban J connectivity index is 2.33. The second-order valence-corrected chi connectivity index (χ2v) is 5.81. The summed E-state index contributed by atoms with van der Waals surface area (Å²) in [5.41, 5.74) is 0.344. The predicted molar refractivity (Wildman–Crippen MR) is 85.4 cm³/mol. The number of carbonyl (C=O) groups excluding carboxylic acids is 2. The third kappa shape index (κ3) is 4.20. The predicted octanol–water partition coefficient (Wildman–Crippen LogP) is 2.59. The first-order valence-corrected chi connectivity index (χ1v) is 7.92. The minimum Gasteiger partial charge on any atom is -0.493 e. The molecule has 0 aliphatic carbocycles. The molecule has 0 bridgehead atoms. The molecule has 0 spiro atoms. The Morgan fingerprint density at radius 1 is 1.19 bits per heavy atom. The van der Waals surface area contributed by atoms with Gasteiger partial charge in [-0.2, -0.15) is 13.2 Å². The molecule has 6 nitrogen and oxygen atoms in total. The molecule has 0 radical (unpaired) electrons. The van der Waals surface area contributed by atoms with Crippen LogP contribution in [0.5, 0.6) is 11.5 Å². The fourth-order valence-corrected chi connectivity index (χ4v) is 2.81.